The summed E-state index contributed by atoms with van der Waals surface area (Å²) in [5.41, 5.74) is 1.58. The van der Waals surface area contributed by atoms with Crippen molar-refractivity contribution in [2.45, 2.75) is 13.5 Å². The number of ether oxygens (including phenoxy) is 1. The zero-order chi connectivity index (χ0) is 12.3. The fraction of sp³-hybridized carbons (Fsp3) is 0.214. The minimum absolute atomic E-state index is 0.332. The zero-order valence-corrected chi connectivity index (χ0v) is 9.85. The van der Waals surface area contributed by atoms with Crippen LogP contribution in [-0.4, -0.2) is 17.1 Å². The Kier molecular flexibility index (Phi) is 3.28. The Morgan fingerprint density at radius 1 is 1.35 bits per heavy atom. The second kappa shape index (κ2) is 4.87. The van der Waals surface area contributed by atoms with Gasteiger partial charge < -0.3 is 9.30 Å². The lowest BCUT2D eigenvalue weighted by Crippen LogP contribution is -2.10. The molecule has 0 saturated carbocycles. The van der Waals surface area contributed by atoms with Gasteiger partial charge >= 0.3 is 5.97 Å². The van der Waals surface area contributed by atoms with Crippen LogP contribution in [-0.2, 0) is 16.1 Å². The maximum atomic E-state index is 11.2. The molecule has 1 heterocycles. The molecule has 0 saturated heterocycles. The number of carbonyl (C=O) groups is 1. The van der Waals surface area contributed by atoms with Crippen molar-refractivity contribution >= 4 is 16.9 Å². The van der Waals surface area contributed by atoms with Gasteiger partial charge in [-0.3, -0.25) is 0 Å². The Hall–Kier alpha value is -2.03. The average Bonchev–Trinajstić information content (AvgIpc) is 2.72. The van der Waals surface area contributed by atoms with Crippen LogP contribution in [0.1, 0.15) is 6.92 Å². The normalized spacial score (nSPS) is 10.4. The largest absolute Gasteiger partial charge is 0.460 e. The summed E-state index contributed by atoms with van der Waals surface area (Å²) in [7, 11) is 0. The number of fused-ring (bicyclic) bond motifs is 1. The first kappa shape index (κ1) is 11.5. The number of nitrogens with zero attached hydrogens (tertiary/aromatic N) is 1. The second-order valence-electron chi connectivity index (χ2n) is 3.98. The maximum absolute atomic E-state index is 11.2. The molecule has 0 unspecified atom stereocenters. The van der Waals surface area contributed by atoms with Gasteiger partial charge in [-0.05, 0) is 24.4 Å². The highest BCUT2D eigenvalue weighted by atomic mass is 16.5. The Labute approximate surface area is 100 Å². The van der Waals surface area contributed by atoms with E-state index in [0.29, 0.717) is 18.7 Å². The van der Waals surface area contributed by atoms with E-state index in [1.807, 2.05) is 18.3 Å². The summed E-state index contributed by atoms with van der Waals surface area (Å²) in [6, 6.07) is 10.2. The van der Waals surface area contributed by atoms with Gasteiger partial charge in [0.1, 0.15) is 6.61 Å². The molecule has 2 rings (SSSR count). The number of esters is 1. The Balaban J connectivity index is 2.00. The van der Waals surface area contributed by atoms with Crippen LogP contribution >= 0.6 is 0 Å². The summed E-state index contributed by atoms with van der Waals surface area (Å²) in [5.74, 6) is -0.332. The molecule has 0 fully saturated rings. The highest BCUT2D eigenvalue weighted by molar-refractivity contribution is 5.86. The molecule has 0 N–H and O–H groups in total. The van der Waals surface area contributed by atoms with E-state index in [1.165, 1.54) is 5.39 Å². The van der Waals surface area contributed by atoms with Crippen LogP contribution in [0.4, 0.5) is 0 Å². The maximum Gasteiger partial charge on any atom is 0.333 e. The van der Waals surface area contributed by atoms with E-state index in [2.05, 4.69) is 29.3 Å². The summed E-state index contributed by atoms with van der Waals surface area (Å²) in [6.07, 6.45) is 2.00. The van der Waals surface area contributed by atoms with Crippen LogP contribution < -0.4 is 0 Å². The smallest absolute Gasteiger partial charge is 0.333 e. The van der Waals surface area contributed by atoms with E-state index in [0.717, 1.165) is 5.52 Å². The van der Waals surface area contributed by atoms with Crippen molar-refractivity contribution in [3.8, 4) is 0 Å². The number of carbonyl (C=O) groups excluding carboxylic acids is 1. The van der Waals surface area contributed by atoms with Crippen LogP contribution in [0, 0.1) is 0 Å². The van der Waals surface area contributed by atoms with Crippen molar-refractivity contribution in [3.05, 3.63) is 48.7 Å². The van der Waals surface area contributed by atoms with Crippen LogP contribution in [0.3, 0.4) is 0 Å². The fourth-order valence-electron chi connectivity index (χ4n) is 1.70. The molecule has 0 amide bonds. The van der Waals surface area contributed by atoms with E-state index in [4.69, 9.17) is 4.74 Å². The average molecular weight is 229 g/mol. The molecule has 1 aromatic heterocycles. The van der Waals surface area contributed by atoms with Gasteiger partial charge in [0.2, 0.25) is 0 Å². The molecular weight excluding hydrogens is 214 g/mol. The molecule has 0 spiro atoms. The molecule has 2 aromatic rings. The number of aromatic nitrogens is 1. The van der Waals surface area contributed by atoms with Crippen LogP contribution in [0.5, 0.6) is 0 Å². The van der Waals surface area contributed by atoms with Gasteiger partial charge in [-0.2, -0.15) is 0 Å². The SMILES string of the molecule is C=C(C)C(=O)OCCn1ccc2ccccc21. The van der Waals surface area contributed by atoms with Crippen LogP contribution in [0.15, 0.2) is 48.7 Å². The monoisotopic (exact) mass is 229 g/mol. The number of hydrogen-bond donors (Lipinski definition) is 0. The van der Waals surface area contributed by atoms with Crippen molar-refractivity contribution < 1.29 is 9.53 Å². The Morgan fingerprint density at radius 3 is 2.88 bits per heavy atom. The third-order valence-corrected chi connectivity index (χ3v) is 2.59. The summed E-state index contributed by atoms with van der Waals surface area (Å²) in [4.78, 5) is 11.2. The lowest BCUT2D eigenvalue weighted by Gasteiger charge is -2.06. The minimum atomic E-state index is -0.332. The standard InChI is InChI=1S/C14H15NO2/c1-11(2)14(16)17-10-9-15-8-7-12-5-3-4-6-13(12)15/h3-8H,1,9-10H2,2H3. The molecule has 17 heavy (non-hydrogen) atoms. The minimum Gasteiger partial charge on any atom is -0.460 e. The number of para-hydroxylation sites is 1. The molecule has 0 aliphatic carbocycles. The first-order valence-corrected chi connectivity index (χ1v) is 5.55. The highest BCUT2D eigenvalue weighted by Gasteiger charge is 2.04. The fourth-order valence-corrected chi connectivity index (χ4v) is 1.70. The first-order valence-electron chi connectivity index (χ1n) is 5.55. The lowest BCUT2D eigenvalue weighted by atomic mass is 10.2. The van der Waals surface area contributed by atoms with Gasteiger partial charge in [-0.15, -0.1) is 0 Å². The molecular formula is C14H15NO2. The summed E-state index contributed by atoms with van der Waals surface area (Å²) < 4.78 is 7.14. The number of rotatable bonds is 4. The van der Waals surface area contributed by atoms with Crippen molar-refractivity contribution in [2.24, 2.45) is 0 Å². The predicted molar refractivity (Wildman–Crippen MR) is 67.7 cm³/mol. The van der Waals surface area contributed by atoms with Gasteiger partial charge in [0, 0.05) is 17.3 Å². The molecule has 1 aromatic carbocycles. The van der Waals surface area contributed by atoms with E-state index < -0.39 is 0 Å². The van der Waals surface area contributed by atoms with Gasteiger partial charge in [0.25, 0.3) is 0 Å². The van der Waals surface area contributed by atoms with E-state index in [1.54, 1.807) is 6.92 Å². The summed E-state index contributed by atoms with van der Waals surface area (Å²) in [5, 5.41) is 1.19. The Morgan fingerprint density at radius 2 is 2.12 bits per heavy atom. The molecule has 3 nitrogen and oxygen atoms in total. The van der Waals surface area contributed by atoms with Crippen LogP contribution in [0.25, 0.3) is 10.9 Å². The molecule has 0 aliphatic heterocycles. The van der Waals surface area contributed by atoms with Gasteiger partial charge in [-0.1, -0.05) is 24.8 Å². The van der Waals surface area contributed by atoms with Crippen molar-refractivity contribution in [1.82, 2.24) is 4.57 Å². The van der Waals surface area contributed by atoms with E-state index >= 15 is 0 Å². The van der Waals surface area contributed by atoms with E-state index in [9.17, 15) is 4.79 Å². The van der Waals surface area contributed by atoms with Crippen molar-refractivity contribution in [2.75, 3.05) is 6.61 Å². The van der Waals surface area contributed by atoms with Crippen LogP contribution in [0.2, 0.25) is 0 Å². The lowest BCUT2D eigenvalue weighted by molar-refractivity contribution is -0.139. The highest BCUT2D eigenvalue weighted by Crippen LogP contribution is 2.14. The topological polar surface area (TPSA) is 31.2 Å². The summed E-state index contributed by atoms with van der Waals surface area (Å²) >= 11 is 0. The van der Waals surface area contributed by atoms with E-state index in [-0.39, 0.29) is 5.97 Å². The van der Waals surface area contributed by atoms with Crippen molar-refractivity contribution in [1.29, 1.82) is 0 Å². The number of hydrogen-bond acceptors (Lipinski definition) is 2. The predicted octanol–water partition coefficient (Wildman–Crippen LogP) is 2.76. The molecule has 0 bridgehead atoms. The molecule has 0 atom stereocenters. The second-order valence-corrected chi connectivity index (χ2v) is 3.98. The first-order chi connectivity index (χ1) is 8.18. The third-order valence-electron chi connectivity index (χ3n) is 2.59. The van der Waals surface area contributed by atoms with Crippen molar-refractivity contribution in [3.63, 3.8) is 0 Å². The molecule has 0 aliphatic rings. The van der Waals surface area contributed by atoms with Gasteiger partial charge in [0.05, 0.1) is 6.54 Å². The molecule has 3 heteroatoms. The summed E-state index contributed by atoms with van der Waals surface area (Å²) in [6.45, 7) is 6.21. The molecule has 88 valence electrons. The van der Waals surface area contributed by atoms with Gasteiger partial charge in [-0.25, -0.2) is 4.79 Å². The Bertz CT molecular complexity index is 554. The zero-order valence-electron chi connectivity index (χ0n) is 9.85. The third kappa shape index (κ3) is 2.56. The van der Waals surface area contributed by atoms with Gasteiger partial charge in [0.15, 0.2) is 0 Å². The number of benzene rings is 1. The quantitative estimate of drug-likeness (QED) is 0.596. The molecule has 0 radical (unpaired) electrons.